The fourth-order valence-corrected chi connectivity index (χ4v) is 3.88. The van der Waals surface area contributed by atoms with E-state index < -0.39 is 11.2 Å². The second-order valence-corrected chi connectivity index (χ2v) is 7.62. The number of pyridine rings is 1. The van der Waals surface area contributed by atoms with Gasteiger partial charge < -0.3 is 9.47 Å². The molecule has 0 saturated carbocycles. The molecular weight excluding hydrogens is 422 g/mol. The Kier molecular flexibility index (Phi) is 5.95. The maximum atomic E-state index is 13.3. The molecule has 0 spiro atoms. The van der Waals surface area contributed by atoms with Gasteiger partial charge in [0.1, 0.15) is 16.9 Å². The molecule has 0 aliphatic carbocycles. The average molecular weight is 447 g/mol. The van der Waals surface area contributed by atoms with Gasteiger partial charge in [-0.15, -0.1) is 0 Å². The van der Waals surface area contributed by atoms with Crippen molar-refractivity contribution in [1.29, 1.82) is 0 Å². The molecule has 0 bridgehead atoms. The van der Waals surface area contributed by atoms with Gasteiger partial charge in [-0.1, -0.05) is 0 Å². The van der Waals surface area contributed by atoms with Crippen molar-refractivity contribution in [2.24, 2.45) is 0 Å². The van der Waals surface area contributed by atoms with Crippen molar-refractivity contribution < 1.29 is 9.47 Å². The van der Waals surface area contributed by atoms with Gasteiger partial charge in [0, 0.05) is 35.6 Å². The van der Waals surface area contributed by atoms with Crippen LogP contribution in [0.5, 0.6) is 11.5 Å². The molecule has 0 atom stereocenters. The summed E-state index contributed by atoms with van der Waals surface area (Å²) in [6, 6.07) is 7.27. The lowest BCUT2D eigenvalue weighted by Crippen LogP contribution is -2.40. The molecule has 3 heterocycles. The van der Waals surface area contributed by atoms with Crippen LogP contribution in [0.2, 0.25) is 0 Å². The summed E-state index contributed by atoms with van der Waals surface area (Å²) in [5.41, 5.74) is 2.42. The lowest BCUT2D eigenvalue weighted by molar-refractivity contribution is 0.406. The van der Waals surface area contributed by atoms with Crippen LogP contribution in [0, 0.1) is 13.8 Å². The number of benzene rings is 1. The highest BCUT2D eigenvalue weighted by molar-refractivity contribution is 5.75. The van der Waals surface area contributed by atoms with Gasteiger partial charge in [-0.3, -0.25) is 18.9 Å². The Balaban J connectivity index is 1.87. The van der Waals surface area contributed by atoms with E-state index in [1.54, 1.807) is 32.5 Å². The maximum Gasteiger partial charge on any atom is 0.333 e. The quantitative estimate of drug-likeness (QED) is 0.448. The average Bonchev–Trinajstić information content (AvgIpc) is 2.83. The number of aryl methyl sites for hydroxylation is 2. The zero-order valence-corrected chi connectivity index (χ0v) is 19.2. The Hall–Kier alpha value is -4.01. The van der Waals surface area contributed by atoms with Crippen LogP contribution in [0.25, 0.3) is 22.4 Å². The van der Waals surface area contributed by atoms with Gasteiger partial charge in [-0.05, 0) is 45.0 Å². The number of hydrogen-bond acceptors (Lipinski definition) is 7. The molecule has 4 aromatic rings. The minimum Gasteiger partial charge on any atom is -0.497 e. The van der Waals surface area contributed by atoms with Crippen molar-refractivity contribution in [3.8, 4) is 22.9 Å². The van der Waals surface area contributed by atoms with Crippen LogP contribution >= 0.6 is 0 Å². The molecule has 0 saturated heterocycles. The summed E-state index contributed by atoms with van der Waals surface area (Å²) in [5, 5.41) is 0.269. The number of hydrogen-bond donors (Lipinski definition) is 0. The monoisotopic (exact) mass is 447 g/mol. The summed E-state index contributed by atoms with van der Waals surface area (Å²) in [6.45, 7) is 5.97. The van der Waals surface area contributed by atoms with Crippen molar-refractivity contribution in [3.63, 3.8) is 0 Å². The van der Waals surface area contributed by atoms with E-state index in [0.29, 0.717) is 35.2 Å². The van der Waals surface area contributed by atoms with E-state index in [9.17, 15) is 9.59 Å². The summed E-state index contributed by atoms with van der Waals surface area (Å²) >= 11 is 0. The van der Waals surface area contributed by atoms with E-state index in [1.165, 1.54) is 15.3 Å². The Labute approximate surface area is 190 Å². The summed E-state index contributed by atoms with van der Waals surface area (Å²) in [5.74, 6) is 1.83. The first kappa shape index (κ1) is 22.2. The Morgan fingerprint density at radius 2 is 1.67 bits per heavy atom. The topological polar surface area (TPSA) is 101 Å². The fourth-order valence-electron chi connectivity index (χ4n) is 3.88. The SMILES string of the molecule is CCn1c(=O)n(Cc2ncc(C)c(OC)c2C)c(=O)c2cnc(-c3ccc(OC)cc3)nc21. The first-order valence-corrected chi connectivity index (χ1v) is 10.5. The molecule has 0 aliphatic heterocycles. The molecule has 0 radical (unpaired) electrons. The van der Waals surface area contributed by atoms with Crippen LogP contribution in [0.15, 0.2) is 46.2 Å². The van der Waals surface area contributed by atoms with E-state index in [4.69, 9.17) is 9.47 Å². The zero-order valence-electron chi connectivity index (χ0n) is 19.2. The number of methoxy groups -OCH3 is 2. The maximum absolute atomic E-state index is 13.3. The van der Waals surface area contributed by atoms with Crippen molar-refractivity contribution in [1.82, 2.24) is 24.1 Å². The Morgan fingerprint density at radius 1 is 0.939 bits per heavy atom. The van der Waals surface area contributed by atoms with Gasteiger partial charge in [0.15, 0.2) is 11.5 Å². The second kappa shape index (κ2) is 8.85. The van der Waals surface area contributed by atoms with Crippen molar-refractivity contribution in [3.05, 3.63) is 74.3 Å². The molecular formula is C24H25N5O4. The van der Waals surface area contributed by atoms with Crippen LogP contribution in [-0.2, 0) is 13.1 Å². The predicted octanol–water partition coefficient (Wildman–Crippen LogP) is 2.72. The third kappa shape index (κ3) is 3.86. The highest BCUT2D eigenvalue weighted by Crippen LogP contribution is 2.24. The van der Waals surface area contributed by atoms with Gasteiger partial charge in [-0.2, -0.15) is 0 Å². The van der Waals surface area contributed by atoms with E-state index in [2.05, 4.69) is 15.0 Å². The Morgan fingerprint density at radius 3 is 2.30 bits per heavy atom. The molecule has 0 unspecified atom stereocenters. The van der Waals surface area contributed by atoms with Gasteiger partial charge in [-0.25, -0.2) is 14.8 Å². The number of ether oxygens (including phenoxy) is 2. The van der Waals surface area contributed by atoms with Crippen LogP contribution in [-0.4, -0.2) is 38.3 Å². The van der Waals surface area contributed by atoms with Gasteiger partial charge in [0.25, 0.3) is 5.56 Å². The number of rotatable bonds is 6. The normalized spacial score (nSPS) is 11.1. The molecule has 0 amide bonds. The molecule has 0 N–H and O–H groups in total. The highest BCUT2D eigenvalue weighted by Gasteiger charge is 2.18. The minimum atomic E-state index is -0.457. The Bertz CT molecular complexity index is 1460. The van der Waals surface area contributed by atoms with Crippen LogP contribution in [0.4, 0.5) is 0 Å². The zero-order chi connectivity index (χ0) is 23.7. The number of fused-ring (bicyclic) bond motifs is 1. The molecule has 0 aliphatic rings. The van der Waals surface area contributed by atoms with Crippen LogP contribution in [0.3, 0.4) is 0 Å². The molecule has 9 heteroatoms. The molecule has 33 heavy (non-hydrogen) atoms. The molecule has 4 rings (SSSR count). The lowest BCUT2D eigenvalue weighted by atomic mass is 10.1. The second-order valence-electron chi connectivity index (χ2n) is 7.62. The fraction of sp³-hybridized carbons (Fsp3) is 0.292. The molecule has 170 valence electrons. The van der Waals surface area contributed by atoms with Crippen molar-refractivity contribution in [2.75, 3.05) is 14.2 Å². The summed E-state index contributed by atoms with van der Waals surface area (Å²) < 4.78 is 13.3. The standard InChI is InChI=1S/C24H25N5O4/c1-6-28-22-18(12-26-21(27-22)16-7-9-17(32-4)10-8-16)23(30)29(24(28)31)13-19-15(3)20(33-5)14(2)11-25-19/h7-12H,6,13H2,1-5H3. The van der Waals surface area contributed by atoms with E-state index in [1.807, 2.05) is 32.9 Å². The van der Waals surface area contributed by atoms with Gasteiger partial charge >= 0.3 is 5.69 Å². The number of nitrogens with zero attached hydrogens (tertiary/aromatic N) is 5. The first-order valence-electron chi connectivity index (χ1n) is 10.5. The van der Waals surface area contributed by atoms with E-state index in [0.717, 1.165) is 16.7 Å². The number of aromatic nitrogens is 5. The van der Waals surface area contributed by atoms with Gasteiger partial charge in [0.2, 0.25) is 0 Å². The van der Waals surface area contributed by atoms with E-state index in [-0.39, 0.29) is 11.9 Å². The smallest absolute Gasteiger partial charge is 0.333 e. The molecule has 1 aromatic carbocycles. The summed E-state index contributed by atoms with van der Waals surface area (Å²) in [6.07, 6.45) is 3.15. The molecule has 9 nitrogen and oxygen atoms in total. The van der Waals surface area contributed by atoms with Crippen LogP contribution < -0.4 is 20.7 Å². The van der Waals surface area contributed by atoms with Crippen molar-refractivity contribution in [2.45, 2.75) is 33.9 Å². The van der Waals surface area contributed by atoms with Crippen molar-refractivity contribution >= 4 is 11.0 Å². The summed E-state index contributed by atoms with van der Waals surface area (Å²) in [7, 11) is 3.18. The molecule has 0 fully saturated rings. The van der Waals surface area contributed by atoms with Gasteiger partial charge in [0.05, 0.1) is 26.5 Å². The van der Waals surface area contributed by atoms with E-state index >= 15 is 0 Å². The highest BCUT2D eigenvalue weighted by atomic mass is 16.5. The summed E-state index contributed by atoms with van der Waals surface area (Å²) in [4.78, 5) is 40.0. The first-order chi connectivity index (χ1) is 15.9. The molecule has 3 aromatic heterocycles. The minimum absolute atomic E-state index is 0.0241. The third-order valence-electron chi connectivity index (χ3n) is 5.68. The van der Waals surface area contributed by atoms with Crippen LogP contribution in [0.1, 0.15) is 23.7 Å². The lowest BCUT2D eigenvalue weighted by Gasteiger charge is -2.15. The third-order valence-corrected chi connectivity index (χ3v) is 5.68. The predicted molar refractivity (Wildman–Crippen MR) is 125 cm³/mol. The largest absolute Gasteiger partial charge is 0.497 e.